The van der Waals surface area contributed by atoms with Crippen LogP contribution in [-0.2, 0) is 4.79 Å². The van der Waals surface area contributed by atoms with Crippen molar-refractivity contribution in [2.75, 3.05) is 13.1 Å². The lowest BCUT2D eigenvalue weighted by atomic mass is 10.0. The second kappa shape index (κ2) is 8.97. The van der Waals surface area contributed by atoms with Gasteiger partial charge in [-0.25, -0.2) is 0 Å². The highest BCUT2D eigenvalue weighted by atomic mass is 16.3. The van der Waals surface area contributed by atoms with E-state index in [4.69, 9.17) is 5.73 Å². The number of benzene rings is 1. The number of hydrogen-bond donors (Lipinski definition) is 3. The van der Waals surface area contributed by atoms with Gasteiger partial charge in [-0.2, -0.15) is 0 Å². The van der Waals surface area contributed by atoms with E-state index in [-0.39, 0.29) is 24.4 Å². The number of likely N-dealkylation sites (tertiary alicyclic amines) is 1. The second-order valence-corrected chi connectivity index (χ2v) is 7.18. The summed E-state index contributed by atoms with van der Waals surface area (Å²) in [6.07, 6.45) is 1.15. The normalized spacial score (nSPS) is 22.4. The summed E-state index contributed by atoms with van der Waals surface area (Å²) < 4.78 is 0. The van der Waals surface area contributed by atoms with Crippen LogP contribution in [0.2, 0.25) is 0 Å². The molecule has 25 heavy (non-hydrogen) atoms. The van der Waals surface area contributed by atoms with E-state index >= 15 is 0 Å². The fourth-order valence-corrected chi connectivity index (χ4v) is 3.16. The monoisotopic (exact) mass is 347 g/mol. The van der Waals surface area contributed by atoms with Gasteiger partial charge < -0.3 is 21.1 Å². The number of carbonyl (C=O) groups excluding carboxylic acids is 2. The lowest BCUT2D eigenvalue weighted by Gasteiger charge is -2.26. The van der Waals surface area contributed by atoms with Crippen molar-refractivity contribution >= 4 is 11.8 Å². The van der Waals surface area contributed by atoms with Crippen LogP contribution >= 0.6 is 0 Å². The molecule has 0 spiro atoms. The molecule has 1 heterocycles. The quantitative estimate of drug-likeness (QED) is 0.744. The molecular weight excluding hydrogens is 318 g/mol. The van der Waals surface area contributed by atoms with Crippen LogP contribution in [-0.4, -0.2) is 53.1 Å². The molecule has 3 atom stereocenters. The minimum Gasteiger partial charge on any atom is -0.389 e. The third kappa shape index (κ3) is 5.54. The maximum absolute atomic E-state index is 12.6. The smallest absolute Gasteiger partial charge is 0.253 e. The van der Waals surface area contributed by atoms with Crippen LogP contribution in [0.3, 0.4) is 0 Å². The zero-order valence-electron chi connectivity index (χ0n) is 15.0. The van der Waals surface area contributed by atoms with Crippen molar-refractivity contribution in [3.05, 3.63) is 35.9 Å². The van der Waals surface area contributed by atoms with E-state index in [2.05, 4.69) is 5.32 Å². The molecule has 0 radical (unpaired) electrons. The molecule has 3 unspecified atom stereocenters. The number of hydrogen-bond acceptors (Lipinski definition) is 4. The predicted octanol–water partition coefficient (Wildman–Crippen LogP) is 1.14. The second-order valence-electron chi connectivity index (χ2n) is 7.18. The Labute approximate surface area is 149 Å². The van der Waals surface area contributed by atoms with E-state index in [9.17, 15) is 14.7 Å². The maximum atomic E-state index is 12.6. The predicted molar refractivity (Wildman–Crippen MR) is 96.9 cm³/mol. The molecule has 0 aromatic heterocycles. The van der Waals surface area contributed by atoms with E-state index in [1.807, 2.05) is 32.0 Å². The molecule has 6 heteroatoms. The Hall–Kier alpha value is -1.92. The van der Waals surface area contributed by atoms with Gasteiger partial charge in [-0.1, -0.05) is 32.0 Å². The van der Waals surface area contributed by atoms with E-state index in [1.165, 1.54) is 0 Å². The van der Waals surface area contributed by atoms with Crippen molar-refractivity contribution in [1.29, 1.82) is 0 Å². The minimum atomic E-state index is -0.801. The van der Waals surface area contributed by atoms with Crippen molar-refractivity contribution in [3.8, 4) is 0 Å². The van der Waals surface area contributed by atoms with Crippen LogP contribution in [0.15, 0.2) is 30.3 Å². The molecule has 138 valence electrons. The molecule has 1 aromatic rings. The highest BCUT2D eigenvalue weighted by Gasteiger charge is 2.30. The van der Waals surface area contributed by atoms with E-state index < -0.39 is 12.1 Å². The molecule has 0 aliphatic carbocycles. The number of β-amino-alcohol motifs (C(OH)–C–C–N with tert-alkyl or cyclic N) is 1. The maximum Gasteiger partial charge on any atom is 0.253 e. The van der Waals surface area contributed by atoms with E-state index in [0.29, 0.717) is 30.9 Å². The van der Waals surface area contributed by atoms with Crippen LogP contribution in [0.25, 0.3) is 0 Å². The number of nitrogens with two attached hydrogens (primary N) is 1. The number of nitrogens with one attached hydrogen (secondary N) is 1. The third-order valence-corrected chi connectivity index (χ3v) is 4.51. The summed E-state index contributed by atoms with van der Waals surface area (Å²) in [7, 11) is 0. The molecule has 6 nitrogen and oxygen atoms in total. The molecule has 1 saturated heterocycles. The van der Waals surface area contributed by atoms with Crippen LogP contribution in [0.5, 0.6) is 0 Å². The van der Waals surface area contributed by atoms with E-state index in [0.717, 1.165) is 6.42 Å². The highest BCUT2D eigenvalue weighted by Crippen LogP contribution is 2.15. The fourth-order valence-electron chi connectivity index (χ4n) is 3.16. The first-order chi connectivity index (χ1) is 11.9. The average molecular weight is 347 g/mol. The Morgan fingerprint density at radius 1 is 1.32 bits per heavy atom. The zero-order valence-corrected chi connectivity index (χ0v) is 15.0. The van der Waals surface area contributed by atoms with Gasteiger partial charge in [0.25, 0.3) is 5.91 Å². The lowest BCUT2D eigenvalue weighted by molar-refractivity contribution is -0.124. The molecular formula is C19H29N3O3. The Kier molecular flexibility index (Phi) is 6.96. The average Bonchev–Trinajstić information content (AvgIpc) is 2.76. The van der Waals surface area contributed by atoms with E-state index in [1.54, 1.807) is 17.0 Å². The van der Waals surface area contributed by atoms with Crippen LogP contribution in [0.4, 0.5) is 0 Å². The van der Waals surface area contributed by atoms with Crippen molar-refractivity contribution in [2.45, 2.75) is 51.3 Å². The van der Waals surface area contributed by atoms with Gasteiger partial charge in [0.15, 0.2) is 0 Å². The zero-order chi connectivity index (χ0) is 18.4. The standard InChI is InChI=1S/C19H29N3O3/c1-13(2)11-15(20)18(24)21-16-9-6-10-22(12-17(16)23)19(25)14-7-4-3-5-8-14/h3-5,7-8,13,15-17,23H,6,9-12,20H2,1-2H3,(H,21,24). The third-order valence-electron chi connectivity index (χ3n) is 4.51. The first-order valence-corrected chi connectivity index (χ1v) is 8.96. The molecule has 1 aliphatic heterocycles. The molecule has 0 saturated carbocycles. The minimum absolute atomic E-state index is 0.0943. The molecule has 2 amide bonds. The van der Waals surface area contributed by atoms with Crippen LogP contribution in [0, 0.1) is 5.92 Å². The first-order valence-electron chi connectivity index (χ1n) is 8.96. The van der Waals surface area contributed by atoms with Gasteiger partial charge in [0.1, 0.15) is 0 Å². The fraction of sp³-hybridized carbons (Fsp3) is 0.579. The van der Waals surface area contributed by atoms with Crippen LogP contribution in [0.1, 0.15) is 43.5 Å². The number of amides is 2. The number of nitrogens with zero attached hydrogens (tertiary/aromatic N) is 1. The largest absolute Gasteiger partial charge is 0.389 e. The molecule has 1 fully saturated rings. The Morgan fingerprint density at radius 2 is 2.00 bits per heavy atom. The summed E-state index contributed by atoms with van der Waals surface area (Å²) in [5.41, 5.74) is 6.52. The van der Waals surface area contributed by atoms with Gasteiger partial charge in [-0.15, -0.1) is 0 Å². The van der Waals surface area contributed by atoms with Crippen molar-refractivity contribution in [1.82, 2.24) is 10.2 Å². The Balaban J connectivity index is 1.95. The summed E-state index contributed by atoms with van der Waals surface area (Å²) >= 11 is 0. The first kappa shape index (κ1) is 19.4. The van der Waals surface area contributed by atoms with Crippen molar-refractivity contribution in [2.24, 2.45) is 11.7 Å². The molecule has 4 N–H and O–H groups in total. The topological polar surface area (TPSA) is 95.7 Å². The van der Waals surface area contributed by atoms with Gasteiger partial charge in [-0.3, -0.25) is 9.59 Å². The summed E-state index contributed by atoms with van der Waals surface area (Å²) in [6, 6.07) is 8.09. The van der Waals surface area contributed by atoms with Crippen molar-refractivity contribution < 1.29 is 14.7 Å². The Morgan fingerprint density at radius 3 is 2.64 bits per heavy atom. The SMILES string of the molecule is CC(C)CC(N)C(=O)NC1CCCN(C(=O)c2ccccc2)CC1O. The number of aliphatic hydroxyl groups excluding tert-OH is 1. The molecule has 2 rings (SSSR count). The summed E-state index contributed by atoms with van der Waals surface area (Å²) in [5.74, 6) is 0.00233. The number of aliphatic hydroxyl groups is 1. The van der Waals surface area contributed by atoms with Gasteiger partial charge in [0, 0.05) is 18.7 Å². The highest BCUT2D eigenvalue weighted by molar-refractivity contribution is 5.94. The number of rotatable bonds is 5. The van der Waals surface area contributed by atoms with Gasteiger partial charge in [-0.05, 0) is 37.3 Å². The van der Waals surface area contributed by atoms with Gasteiger partial charge >= 0.3 is 0 Å². The van der Waals surface area contributed by atoms with Gasteiger partial charge in [0.05, 0.1) is 18.2 Å². The molecule has 1 aromatic carbocycles. The van der Waals surface area contributed by atoms with Crippen molar-refractivity contribution in [3.63, 3.8) is 0 Å². The summed E-state index contributed by atoms with van der Waals surface area (Å²) in [4.78, 5) is 26.4. The summed E-state index contributed by atoms with van der Waals surface area (Å²) in [5, 5.41) is 13.3. The summed E-state index contributed by atoms with van der Waals surface area (Å²) in [6.45, 7) is 4.80. The Bertz CT molecular complexity index is 577. The number of carbonyl (C=O) groups is 2. The molecule has 1 aliphatic rings. The molecule has 0 bridgehead atoms. The van der Waals surface area contributed by atoms with Gasteiger partial charge in [0.2, 0.25) is 5.91 Å². The lowest BCUT2D eigenvalue weighted by Crippen LogP contribution is -2.51. The van der Waals surface area contributed by atoms with Crippen LogP contribution < -0.4 is 11.1 Å².